The van der Waals surface area contributed by atoms with Crippen LogP contribution in [0, 0.1) is 5.41 Å². The van der Waals surface area contributed by atoms with Crippen LogP contribution in [0.1, 0.15) is 56.6 Å². The third-order valence-electron chi connectivity index (χ3n) is 9.46. The SMILES string of the molecule is CNC1CC[N-]C(c2ccccc2)C1.COC1(Cn2ccc(-c3ccccc3)cc2=O)CC[N-]CC12CCCC2.[Y]. The summed E-state index contributed by atoms with van der Waals surface area (Å²) in [4.78, 5) is 12.8. The molecule has 1 aromatic heterocycles. The molecule has 0 bridgehead atoms. The number of nitrogens with zero attached hydrogens (tertiary/aromatic N) is 3. The minimum absolute atomic E-state index is 0. The quantitative estimate of drug-likeness (QED) is 0.329. The molecule has 1 saturated carbocycles. The van der Waals surface area contributed by atoms with Gasteiger partial charge in [-0.15, -0.1) is 25.7 Å². The predicted molar refractivity (Wildman–Crippen MR) is 164 cm³/mol. The number of benzene rings is 2. The fourth-order valence-electron chi connectivity index (χ4n) is 7.01. The van der Waals surface area contributed by atoms with Gasteiger partial charge < -0.3 is 25.3 Å². The van der Waals surface area contributed by atoms with Crippen molar-refractivity contribution in [2.45, 2.75) is 69.2 Å². The van der Waals surface area contributed by atoms with Gasteiger partial charge in [-0.05, 0) is 55.3 Å². The van der Waals surface area contributed by atoms with Crippen molar-refractivity contribution in [2.75, 3.05) is 33.8 Å². The van der Waals surface area contributed by atoms with Gasteiger partial charge in [-0.3, -0.25) is 4.79 Å². The molecule has 3 unspecified atom stereocenters. The molecule has 7 heteroatoms. The van der Waals surface area contributed by atoms with Gasteiger partial charge in [0, 0.05) is 58.1 Å². The Morgan fingerprint density at radius 1 is 0.951 bits per heavy atom. The number of ether oxygens (including phenoxy) is 1. The van der Waals surface area contributed by atoms with Gasteiger partial charge in [-0.1, -0.05) is 85.5 Å². The van der Waals surface area contributed by atoms with Crippen molar-refractivity contribution in [1.82, 2.24) is 9.88 Å². The van der Waals surface area contributed by atoms with Crippen LogP contribution in [0.3, 0.4) is 0 Å². The van der Waals surface area contributed by atoms with E-state index in [2.05, 4.69) is 41.0 Å². The topological polar surface area (TPSA) is 71.5 Å². The molecule has 0 amide bonds. The fraction of sp³-hybridized carbons (Fsp3) is 0.500. The molecule has 6 rings (SSSR count). The van der Waals surface area contributed by atoms with Crippen LogP contribution >= 0.6 is 0 Å². The summed E-state index contributed by atoms with van der Waals surface area (Å²) in [6.07, 6.45) is 9.93. The van der Waals surface area contributed by atoms with Gasteiger partial charge in [0.25, 0.3) is 5.56 Å². The Kier molecular flexibility index (Phi) is 11.9. The van der Waals surface area contributed by atoms with Gasteiger partial charge in [-0.25, -0.2) is 0 Å². The summed E-state index contributed by atoms with van der Waals surface area (Å²) in [6, 6.07) is 25.5. The predicted octanol–water partition coefficient (Wildman–Crippen LogP) is 6.72. The molecule has 6 nitrogen and oxygen atoms in total. The fourth-order valence-corrected chi connectivity index (χ4v) is 7.01. The maximum Gasteiger partial charge on any atom is 0.251 e. The number of methoxy groups -OCH3 is 1. The normalized spacial score (nSPS) is 25.1. The Balaban J connectivity index is 0.000000219. The summed E-state index contributed by atoms with van der Waals surface area (Å²) in [5.74, 6) is 0. The number of piperidine rings is 2. The summed E-state index contributed by atoms with van der Waals surface area (Å²) in [6.45, 7) is 3.31. The molecule has 2 aromatic carbocycles. The Morgan fingerprint density at radius 2 is 1.66 bits per heavy atom. The second-order valence-corrected chi connectivity index (χ2v) is 11.6. The van der Waals surface area contributed by atoms with E-state index in [1.165, 1.54) is 24.8 Å². The van der Waals surface area contributed by atoms with Gasteiger partial charge in [0.05, 0.1) is 12.1 Å². The van der Waals surface area contributed by atoms with Gasteiger partial charge in [-0.2, -0.15) is 0 Å². The summed E-state index contributed by atoms with van der Waals surface area (Å²) in [5.41, 5.74) is 3.24. The number of hydrogen-bond donors (Lipinski definition) is 1. The molecule has 3 aromatic rings. The monoisotopic (exact) mass is 629 g/mol. The zero-order valence-corrected chi connectivity index (χ0v) is 27.5. The molecule has 1 N–H and O–H groups in total. The summed E-state index contributed by atoms with van der Waals surface area (Å²) < 4.78 is 8.01. The van der Waals surface area contributed by atoms with E-state index in [9.17, 15) is 4.79 Å². The summed E-state index contributed by atoms with van der Waals surface area (Å²) >= 11 is 0. The van der Waals surface area contributed by atoms with E-state index >= 15 is 0 Å². The van der Waals surface area contributed by atoms with Crippen molar-refractivity contribution >= 4 is 0 Å². The third-order valence-corrected chi connectivity index (χ3v) is 9.46. The first kappa shape index (κ1) is 32.3. The van der Waals surface area contributed by atoms with E-state index in [0.717, 1.165) is 56.4 Å². The van der Waals surface area contributed by atoms with Crippen molar-refractivity contribution in [3.8, 4) is 11.1 Å². The molecule has 1 radical (unpaired) electrons. The van der Waals surface area contributed by atoms with E-state index in [4.69, 9.17) is 10.1 Å². The molecule has 3 atom stereocenters. The van der Waals surface area contributed by atoms with Crippen molar-refractivity contribution in [3.63, 3.8) is 0 Å². The Bertz CT molecular complexity index is 1260. The second-order valence-electron chi connectivity index (χ2n) is 11.6. The molecule has 3 heterocycles. The van der Waals surface area contributed by atoms with Crippen LogP contribution in [0.4, 0.5) is 0 Å². The largest absolute Gasteiger partial charge is 0.662 e. The van der Waals surface area contributed by atoms with Gasteiger partial charge in [0.1, 0.15) is 0 Å². The Morgan fingerprint density at radius 3 is 2.32 bits per heavy atom. The smallest absolute Gasteiger partial charge is 0.251 e. The molecular weight excluding hydrogens is 585 g/mol. The number of aromatic nitrogens is 1. The average molecular weight is 630 g/mol. The van der Waals surface area contributed by atoms with Crippen LogP contribution in [-0.2, 0) is 44.0 Å². The van der Waals surface area contributed by atoms with Crippen molar-refractivity contribution < 1.29 is 37.4 Å². The first-order chi connectivity index (χ1) is 19.6. The molecule has 1 aliphatic carbocycles. The molecule has 217 valence electrons. The number of nitrogens with one attached hydrogen (secondary N) is 1. The molecule has 3 aliphatic rings. The van der Waals surface area contributed by atoms with Crippen molar-refractivity contribution in [3.05, 3.63) is 106 Å². The molecule has 2 saturated heterocycles. The zero-order chi connectivity index (χ0) is 27.8. The maximum absolute atomic E-state index is 12.8. The van der Waals surface area contributed by atoms with Crippen LogP contribution in [0.2, 0.25) is 0 Å². The van der Waals surface area contributed by atoms with Gasteiger partial charge >= 0.3 is 0 Å². The minimum Gasteiger partial charge on any atom is -0.662 e. The third kappa shape index (κ3) is 7.47. The summed E-state index contributed by atoms with van der Waals surface area (Å²) in [5, 5.41) is 12.7. The van der Waals surface area contributed by atoms with Crippen LogP contribution < -0.4 is 10.9 Å². The number of pyridine rings is 1. The first-order valence-corrected chi connectivity index (χ1v) is 14.9. The number of hydrogen-bond acceptors (Lipinski definition) is 3. The molecule has 2 aliphatic heterocycles. The molecule has 3 fully saturated rings. The minimum atomic E-state index is -0.288. The van der Waals surface area contributed by atoms with Crippen LogP contribution in [0.15, 0.2) is 83.8 Å². The standard InChI is InChI=1S/C22H27N2O2.C12H17N2.Y/c1-26-22(12-13-23-16-21(22)10-5-6-11-21)17-24-14-9-19(15-20(24)25)18-7-3-2-4-8-18;1-13-11-7-8-14-12(9-11)10-5-3-2-4-6-10;/h2-4,7-9,14-15H,5-6,10-13,16-17H2,1H3;2-6,11-13H,7-9H2,1H3;/q2*-1;. The van der Waals surface area contributed by atoms with E-state index in [1.807, 2.05) is 61.3 Å². The molecular formula is C34H44N4O2Y-2. The van der Waals surface area contributed by atoms with E-state index in [0.29, 0.717) is 18.6 Å². The van der Waals surface area contributed by atoms with Crippen LogP contribution in [0.5, 0.6) is 0 Å². The van der Waals surface area contributed by atoms with Crippen molar-refractivity contribution in [2.24, 2.45) is 5.41 Å². The van der Waals surface area contributed by atoms with Gasteiger partial charge in [0.15, 0.2) is 0 Å². The maximum atomic E-state index is 12.8. The Labute approximate surface area is 270 Å². The Hall–Kier alpha value is -1.67. The van der Waals surface area contributed by atoms with Crippen molar-refractivity contribution in [1.29, 1.82) is 0 Å². The summed E-state index contributed by atoms with van der Waals surface area (Å²) in [7, 11) is 3.85. The van der Waals surface area contributed by atoms with Gasteiger partial charge in [0.2, 0.25) is 0 Å². The van der Waals surface area contributed by atoms with Crippen LogP contribution in [-0.4, -0.2) is 50.0 Å². The number of rotatable bonds is 6. The van der Waals surface area contributed by atoms with E-state index in [1.54, 1.807) is 6.07 Å². The van der Waals surface area contributed by atoms with E-state index in [-0.39, 0.29) is 49.3 Å². The zero-order valence-electron chi connectivity index (χ0n) is 24.7. The second kappa shape index (κ2) is 15.2. The first-order valence-electron chi connectivity index (χ1n) is 14.9. The van der Waals surface area contributed by atoms with E-state index < -0.39 is 0 Å². The molecule has 1 spiro atoms. The molecule has 41 heavy (non-hydrogen) atoms. The van der Waals surface area contributed by atoms with Crippen LogP contribution in [0.25, 0.3) is 21.8 Å². The average Bonchev–Trinajstić information content (AvgIpc) is 3.50.